The smallest absolute Gasteiger partial charge is 0.335 e. The molecule has 1 heterocycles. The fourth-order valence-electron chi connectivity index (χ4n) is 2.25. The van der Waals surface area contributed by atoms with Crippen molar-refractivity contribution in [1.29, 1.82) is 0 Å². The molecule has 6 nitrogen and oxygen atoms in total. The van der Waals surface area contributed by atoms with Crippen LogP contribution in [0.2, 0.25) is 0 Å². The van der Waals surface area contributed by atoms with E-state index < -0.39 is 5.97 Å². The molecule has 0 spiro atoms. The topological polar surface area (TPSA) is 103 Å². The molecule has 0 aliphatic rings. The van der Waals surface area contributed by atoms with Crippen LogP contribution in [0.15, 0.2) is 47.3 Å². The Morgan fingerprint density at radius 1 is 1.18 bits per heavy atom. The zero-order valence-electron chi connectivity index (χ0n) is 11.4. The lowest BCUT2D eigenvalue weighted by Gasteiger charge is -2.05. The number of H-pyrrole nitrogens is 1. The van der Waals surface area contributed by atoms with Crippen LogP contribution in [0.25, 0.3) is 10.9 Å². The highest BCUT2D eigenvalue weighted by molar-refractivity contribution is 5.92. The van der Waals surface area contributed by atoms with E-state index in [0.29, 0.717) is 22.3 Å². The summed E-state index contributed by atoms with van der Waals surface area (Å²) in [4.78, 5) is 30.0. The normalized spacial score (nSPS) is 10.7. The average Bonchev–Trinajstić information content (AvgIpc) is 2.49. The third-order valence-electron chi connectivity index (χ3n) is 3.35. The van der Waals surface area contributed by atoms with Crippen LogP contribution < -0.4 is 5.56 Å². The van der Waals surface area contributed by atoms with Crippen LogP contribution in [-0.2, 0) is 6.42 Å². The number of aromatic nitrogens is 2. The van der Waals surface area contributed by atoms with Gasteiger partial charge in [-0.05, 0) is 24.3 Å². The summed E-state index contributed by atoms with van der Waals surface area (Å²) in [6, 6.07) is 10.9. The van der Waals surface area contributed by atoms with Gasteiger partial charge in [-0.15, -0.1) is 0 Å². The van der Waals surface area contributed by atoms with E-state index >= 15 is 0 Å². The summed E-state index contributed by atoms with van der Waals surface area (Å²) in [5.74, 6) is -0.600. The molecule has 0 atom stereocenters. The number of carboxylic acid groups (broad SMARTS) is 1. The van der Waals surface area contributed by atoms with E-state index in [-0.39, 0.29) is 23.3 Å². The lowest BCUT2D eigenvalue weighted by molar-refractivity contribution is 0.0697. The number of hydrogen-bond acceptors (Lipinski definition) is 4. The molecule has 0 fully saturated rings. The second-order valence-electron chi connectivity index (χ2n) is 4.86. The summed E-state index contributed by atoms with van der Waals surface area (Å²) >= 11 is 0. The molecule has 1 aromatic heterocycles. The van der Waals surface area contributed by atoms with E-state index in [1.54, 1.807) is 24.3 Å². The number of carboxylic acids is 1. The zero-order valence-corrected chi connectivity index (χ0v) is 11.4. The molecule has 0 bridgehead atoms. The Balaban J connectivity index is 2.09. The second-order valence-corrected chi connectivity index (χ2v) is 4.86. The van der Waals surface area contributed by atoms with Crippen molar-refractivity contribution in [3.63, 3.8) is 0 Å². The van der Waals surface area contributed by atoms with Crippen LogP contribution >= 0.6 is 0 Å². The van der Waals surface area contributed by atoms with Crippen LogP contribution in [0.4, 0.5) is 0 Å². The largest absolute Gasteiger partial charge is 0.508 e. The summed E-state index contributed by atoms with van der Waals surface area (Å²) in [5.41, 5.74) is 0.667. The van der Waals surface area contributed by atoms with Gasteiger partial charge in [0, 0.05) is 12.0 Å². The van der Waals surface area contributed by atoms with Crippen molar-refractivity contribution in [3.8, 4) is 5.75 Å². The molecule has 0 radical (unpaired) electrons. The molecule has 3 N–H and O–H groups in total. The predicted molar refractivity (Wildman–Crippen MR) is 80.2 cm³/mol. The third kappa shape index (κ3) is 2.54. The van der Waals surface area contributed by atoms with Crippen molar-refractivity contribution in [1.82, 2.24) is 9.97 Å². The lowest BCUT2D eigenvalue weighted by Crippen LogP contribution is -2.13. The number of aromatic hydroxyl groups is 1. The van der Waals surface area contributed by atoms with E-state index in [4.69, 9.17) is 5.11 Å². The highest BCUT2D eigenvalue weighted by Crippen LogP contribution is 2.18. The van der Waals surface area contributed by atoms with E-state index in [2.05, 4.69) is 9.97 Å². The van der Waals surface area contributed by atoms with Crippen LogP contribution in [0.5, 0.6) is 5.75 Å². The molecule has 0 aliphatic heterocycles. The minimum Gasteiger partial charge on any atom is -0.508 e. The number of nitrogens with zero attached hydrogens (tertiary/aromatic N) is 1. The number of carbonyl (C=O) groups is 1. The molecular weight excluding hydrogens is 284 g/mol. The van der Waals surface area contributed by atoms with E-state index in [9.17, 15) is 14.7 Å². The van der Waals surface area contributed by atoms with Crippen molar-refractivity contribution in [2.24, 2.45) is 0 Å². The Kier molecular flexibility index (Phi) is 3.34. The Morgan fingerprint density at radius 2 is 1.95 bits per heavy atom. The van der Waals surface area contributed by atoms with Gasteiger partial charge < -0.3 is 15.2 Å². The van der Waals surface area contributed by atoms with Crippen LogP contribution in [0.1, 0.15) is 21.7 Å². The summed E-state index contributed by atoms with van der Waals surface area (Å²) in [5, 5.41) is 19.1. The van der Waals surface area contributed by atoms with Gasteiger partial charge in [-0.2, -0.15) is 0 Å². The highest BCUT2D eigenvalue weighted by Gasteiger charge is 2.10. The number of aromatic carboxylic acids is 1. The van der Waals surface area contributed by atoms with E-state index in [0.717, 1.165) is 0 Å². The molecule has 0 saturated heterocycles. The Hall–Kier alpha value is -3.15. The second kappa shape index (κ2) is 5.33. The first-order valence-corrected chi connectivity index (χ1v) is 6.58. The van der Waals surface area contributed by atoms with E-state index in [1.807, 2.05) is 0 Å². The van der Waals surface area contributed by atoms with E-state index in [1.165, 1.54) is 18.2 Å². The minimum atomic E-state index is -1.08. The quantitative estimate of drug-likeness (QED) is 0.685. The van der Waals surface area contributed by atoms with Gasteiger partial charge in [0.25, 0.3) is 5.56 Å². The van der Waals surface area contributed by atoms with Crippen LogP contribution in [0, 0.1) is 0 Å². The first-order chi connectivity index (χ1) is 10.5. The molecule has 0 unspecified atom stereocenters. The number of aromatic amines is 1. The number of hydrogen-bond donors (Lipinski definition) is 3. The maximum absolute atomic E-state index is 12.1. The first-order valence-electron chi connectivity index (χ1n) is 6.58. The van der Waals surface area contributed by atoms with Gasteiger partial charge in [0.1, 0.15) is 11.6 Å². The van der Waals surface area contributed by atoms with Crippen LogP contribution in [0.3, 0.4) is 0 Å². The maximum atomic E-state index is 12.1. The monoisotopic (exact) mass is 296 g/mol. The molecular formula is C16H12N2O4. The molecule has 3 rings (SSSR count). The molecule has 6 heteroatoms. The molecule has 3 aromatic rings. The Bertz CT molecular complexity index is 931. The van der Waals surface area contributed by atoms with Gasteiger partial charge in [0.15, 0.2) is 0 Å². The number of rotatable bonds is 3. The Labute approximate surface area is 124 Å². The number of nitrogens with one attached hydrogen (secondary N) is 1. The van der Waals surface area contributed by atoms with Gasteiger partial charge in [-0.1, -0.05) is 18.2 Å². The number of benzene rings is 2. The van der Waals surface area contributed by atoms with Gasteiger partial charge in [-0.3, -0.25) is 4.79 Å². The predicted octanol–water partition coefficient (Wildman–Crippen LogP) is 1.92. The van der Waals surface area contributed by atoms with Crippen LogP contribution in [-0.4, -0.2) is 26.2 Å². The number of phenolic OH excluding ortho intramolecular Hbond substituents is 1. The summed E-state index contributed by atoms with van der Waals surface area (Å²) < 4.78 is 0. The lowest BCUT2D eigenvalue weighted by atomic mass is 10.1. The number of para-hydroxylation sites is 1. The highest BCUT2D eigenvalue weighted by atomic mass is 16.4. The van der Waals surface area contributed by atoms with Crippen molar-refractivity contribution < 1.29 is 15.0 Å². The Morgan fingerprint density at radius 3 is 2.68 bits per heavy atom. The number of phenols is 1. The van der Waals surface area contributed by atoms with Gasteiger partial charge >= 0.3 is 5.97 Å². The fourth-order valence-corrected chi connectivity index (χ4v) is 2.25. The van der Waals surface area contributed by atoms with Crippen molar-refractivity contribution in [2.45, 2.75) is 6.42 Å². The molecule has 0 aliphatic carbocycles. The van der Waals surface area contributed by atoms with Crippen molar-refractivity contribution in [2.75, 3.05) is 0 Å². The molecule has 22 heavy (non-hydrogen) atoms. The zero-order chi connectivity index (χ0) is 15.7. The van der Waals surface area contributed by atoms with Gasteiger partial charge in [0.05, 0.1) is 16.5 Å². The van der Waals surface area contributed by atoms with Crippen molar-refractivity contribution in [3.05, 3.63) is 69.8 Å². The minimum absolute atomic E-state index is 0.0686. The summed E-state index contributed by atoms with van der Waals surface area (Å²) in [7, 11) is 0. The molecule has 2 aromatic carbocycles. The third-order valence-corrected chi connectivity index (χ3v) is 3.35. The van der Waals surface area contributed by atoms with Crippen molar-refractivity contribution >= 4 is 16.9 Å². The van der Waals surface area contributed by atoms with Gasteiger partial charge in [-0.25, -0.2) is 9.78 Å². The summed E-state index contributed by atoms with van der Waals surface area (Å²) in [6.45, 7) is 0. The molecule has 0 saturated carbocycles. The SMILES string of the molecule is O=C(O)c1ccc2c(=O)[nH]c(Cc3ccccc3O)nc2c1. The molecule has 0 amide bonds. The fraction of sp³-hybridized carbons (Fsp3) is 0.0625. The summed E-state index contributed by atoms with van der Waals surface area (Å²) in [6.07, 6.45) is 0.245. The standard InChI is InChI=1S/C16H12N2O4/c19-13-4-2-1-3-9(13)8-14-17-12-7-10(16(21)22)5-6-11(12)15(20)18-14/h1-7,19H,8H2,(H,21,22)(H,17,18,20). The number of fused-ring (bicyclic) bond motifs is 1. The molecule has 110 valence electrons. The first kappa shape index (κ1) is 13.8. The maximum Gasteiger partial charge on any atom is 0.335 e. The van der Waals surface area contributed by atoms with Gasteiger partial charge in [0.2, 0.25) is 0 Å². The average molecular weight is 296 g/mol.